The zero-order valence-corrected chi connectivity index (χ0v) is 16.8. The predicted molar refractivity (Wildman–Crippen MR) is 102 cm³/mol. The first-order valence-corrected chi connectivity index (χ1v) is 10.8. The van der Waals surface area contributed by atoms with Gasteiger partial charge in [0.05, 0.1) is 4.90 Å². The summed E-state index contributed by atoms with van der Waals surface area (Å²) in [6, 6.07) is 4.93. The Bertz CT molecular complexity index is 712. The molecule has 0 saturated carbocycles. The van der Waals surface area contributed by atoms with Gasteiger partial charge in [-0.15, -0.1) is 0 Å². The van der Waals surface area contributed by atoms with E-state index in [1.807, 2.05) is 6.92 Å². The molecule has 146 valence electrons. The molecule has 0 aliphatic carbocycles. The first-order valence-electron chi connectivity index (χ1n) is 9.37. The third kappa shape index (κ3) is 5.45. The van der Waals surface area contributed by atoms with Gasteiger partial charge >= 0.3 is 0 Å². The molecule has 1 aliphatic heterocycles. The normalized spacial score (nSPS) is 16.9. The summed E-state index contributed by atoms with van der Waals surface area (Å²) < 4.78 is 32.6. The summed E-state index contributed by atoms with van der Waals surface area (Å²) in [5, 5.41) is 2.88. The zero-order chi connectivity index (χ0) is 19.2. The molecule has 1 N–H and O–H groups in total. The second-order valence-corrected chi connectivity index (χ2v) is 8.88. The molecule has 2 rings (SSSR count). The summed E-state index contributed by atoms with van der Waals surface area (Å²) in [4.78, 5) is 12.2. The quantitative estimate of drug-likeness (QED) is 0.750. The molecule has 0 aromatic heterocycles. The molecular weight excluding hydrogens is 352 g/mol. The fraction of sp³-hybridized carbons (Fsp3) is 0.632. The maximum Gasteiger partial charge on any atom is 0.258 e. The smallest absolute Gasteiger partial charge is 0.258 e. The summed E-state index contributed by atoms with van der Waals surface area (Å²) >= 11 is 0. The topological polar surface area (TPSA) is 75.7 Å². The van der Waals surface area contributed by atoms with Crippen molar-refractivity contribution in [2.24, 2.45) is 0 Å². The van der Waals surface area contributed by atoms with Crippen LogP contribution in [0.25, 0.3) is 0 Å². The van der Waals surface area contributed by atoms with E-state index in [1.165, 1.54) is 0 Å². The van der Waals surface area contributed by atoms with Crippen LogP contribution in [0.1, 0.15) is 51.5 Å². The van der Waals surface area contributed by atoms with Crippen molar-refractivity contribution in [1.29, 1.82) is 0 Å². The Morgan fingerprint density at radius 3 is 2.58 bits per heavy atom. The van der Waals surface area contributed by atoms with Crippen LogP contribution in [0.15, 0.2) is 23.1 Å². The molecule has 26 heavy (non-hydrogen) atoms. The lowest BCUT2D eigenvalue weighted by atomic mass is 10.2. The average molecular weight is 383 g/mol. The van der Waals surface area contributed by atoms with E-state index in [9.17, 15) is 13.2 Å². The Morgan fingerprint density at radius 2 is 1.96 bits per heavy atom. The van der Waals surface area contributed by atoms with Crippen LogP contribution in [0.4, 0.5) is 0 Å². The summed E-state index contributed by atoms with van der Waals surface area (Å²) in [6.07, 6.45) is 4.83. The summed E-state index contributed by atoms with van der Waals surface area (Å²) in [5.74, 6) is 0.358. The van der Waals surface area contributed by atoms with Crippen molar-refractivity contribution in [2.45, 2.75) is 63.8 Å². The van der Waals surface area contributed by atoms with Crippen LogP contribution < -0.4 is 10.1 Å². The minimum atomic E-state index is -3.46. The van der Waals surface area contributed by atoms with Gasteiger partial charge in [-0.1, -0.05) is 19.8 Å². The molecule has 1 atom stereocenters. The number of piperidine rings is 1. The lowest BCUT2D eigenvalue weighted by Crippen LogP contribution is -2.36. The largest absolute Gasteiger partial charge is 0.484 e. The van der Waals surface area contributed by atoms with E-state index < -0.39 is 10.0 Å². The van der Waals surface area contributed by atoms with E-state index in [-0.39, 0.29) is 23.5 Å². The molecule has 0 bridgehead atoms. The highest BCUT2D eigenvalue weighted by atomic mass is 32.2. The number of ether oxygens (including phenoxy) is 1. The van der Waals surface area contributed by atoms with Crippen molar-refractivity contribution in [3.05, 3.63) is 23.8 Å². The van der Waals surface area contributed by atoms with Gasteiger partial charge in [-0.3, -0.25) is 4.79 Å². The van der Waals surface area contributed by atoms with Crippen LogP contribution in [0.3, 0.4) is 0 Å². The molecule has 0 radical (unpaired) electrons. The van der Waals surface area contributed by atoms with Gasteiger partial charge in [-0.2, -0.15) is 4.31 Å². The third-order valence-electron chi connectivity index (χ3n) is 4.59. The summed E-state index contributed by atoms with van der Waals surface area (Å²) in [7, 11) is -3.46. The van der Waals surface area contributed by atoms with Gasteiger partial charge in [-0.25, -0.2) is 8.42 Å². The van der Waals surface area contributed by atoms with E-state index >= 15 is 0 Å². The van der Waals surface area contributed by atoms with Gasteiger partial charge in [0.2, 0.25) is 10.0 Å². The molecule has 7 heteroatoms. The second kappa shape index (κ2) is 9.37. The molecule has 0 spiro atoms. The molecule has 1 fully saturated rings. The number of aryl methyl sites for hydroxylation is 1. The molecule has 0 unspecified atom stereocenters. The third-order valence-corrected chi connectivity index (χ3v) is 6.48. The minimum Gasteiger partial charge on any atom is -0.484 e. The van der Waals surface area contributed by atoms with E-state index in [2.05, 4.69) is 12.2 Å². The van der Waals surface area contributed by atoms with Crippen LogP contribution in [0.5, 0.6) is 5.75 Å². The van der Waals surface area contributed by atoms with E-state index in [0.717, 1.165) is 32.1 Å². The Labute approximate surface area is 157 Å². The highest BCUT2D eigenvalue weighted by molar-refractivity contribution is 7.89. The number of benzene rings is 1. The zero-order valence-electron chi connectivity index (χ0n) is 16.0. The monoisotopic (exact) mass is 382 g/mol. The molecule has 1 saturated heterocycles. The first kappa shape index (κ1) is 20.7. The summed E-state index contributed by atoms with van der Waals surface area (Å²) in [5.41, 5.74) is 0.706. The number of sulfonamides is 1. The number of rotatable bonds is 8. The lowest BCUT2D eigenvalue weighted by Gasteiger charge is -2.26. The number of amides is 1. The Kier molecular flexibility index (Phi) is 7.46. The molecule has 1 amide bonds. The molecular formula is C19H30N2O4S. The standard InChI is InChI=1S/C19H30N2O4S/c1-4-8-16(3)20-19(22)14-25-18-10-9-17(13-15(18)2)26(23,24)21-11-6-5-7-12-21/h9-10,13,16H,4-8,11-12,14H2,1-3H3,(H,20,22)/t16-/m1/s1. The van der Waals surface area contributed by atoms with Gasteiger partial charge in [0.15, 0.2) is 6.61 Å². The Balaban J connectivity index is 1.99. The number of carbonyl (C=O) groups is 1. The Morgan fingerprint density at radius 1 is 1.27 bits per heavy atom. The number of hydrogen-bond donors (Lipinski definition) is 1. The molecule has 1 aliphatic rings. The SMILES string of the molecule is CCC[C@@H](C)NC(=O)COc1ccc(S(=O)(=O)N2CCCCC2)cc1C. The van der Waals surface area contributed by atoms with E-state index in [4.69, 9.17) is 4.74 Å². The van der Waals surface area contributed by atoms with Crippen LogP contribution in [0.2, 0.25) is 0 Å². The number of nitrogens with one attached hydrogen (secondary N) is 1. The summed E-state index contributed by atoms with van der Waals surface area (Å²) in [6.45, 7) is 6.91. The van der Waals surface area contributed by atoms with E-state index in [0.29, 0.717) is 24.4 Å². The van der Waals surface area contributed by atoms with Crippen LogP contribution in [0, 0.1) is 6.92 Å². The van der Waals surface area contributed by atoms with Crippen molar-refractivity contribution in [3.8, 4) is 5.75 Å². The van der Waals surface area contributed by atoms with Crippen molar-refractivity contribution in [2.75, 3.05) is 19.7 Å². The fourth-order valence-electron chi connectivity index (χ4n) is 3.16. The molecule has 6 nitrogen and oxygen atoms in total. The van der Waals surface area contributed by atoms with Gasteiger partial charge < -0.3 is 10.1 Å². The van der Waals surface area contributed by atoms with Crippen molar-refractivity contribution >= 4 is 15.9 Å². The van der Waals surface area contributed by atoms with E-state index in [1.54, 1.807) is 29.4 Å². The molecule has 1 aromatic carbocycles. The Hall–Kier alpha value is -1.60. The number of carbonyl (C=O) groups excluding carboxylic acids is 1. The lowest BCUT2D eigenvalue weighted by molar-refractivity contribution is -0.123. The minimum absolute atomic E-state index is 0.0763. The number of nitrogens with zero attached hydrogens (tertiary/aromatic N) is 1. The first-order chi connectivity index (χ1) is 12.3. The average Bonchev–Trinajstić information content (AvgIpc) is 2.61. The molecule has 1 heterocycles. The highest BCUT2D eigenvalue weighted by Gasteiger charge is 2.26. The van der Waals surface area contributed by atoms with Gasteiger partial charge in [0, 0.05) is 19.1 Å². The molecule has 1 aromatic rings. The van der Waals surface area contributed by atoms with Gasteiger partial charge in [-0.05, 0) is 56.9 Å². The predicted octanol–water partition coefficient (Wildman–Crippen LogP) is 2.85. The van der Waals surface area contributed by atoms with Crippen molar-refractivity contribution in [1.82, 2.24) is 9.62 Å². The van der Waals surface area contributed by atoms with Crippen molar-refractivity contribution in [3.63, 3.8) is 0 Å². The maximum absolute atomic E-state index is 12.7. The fourth-order valence-corrected chi connectivity index (χ4v) is 4.77. The highest BCUT2D eigenvalue weighted by Crippen LogP contribution is 2.25. The van der Waals surface area contributed by atoms with Gasteiger partial charge in [0.1, 0.15) is 5.75 Å². The number of hydrogen-bond acceptors (Lipinski definition) is 4. The van der Waals surface area contributed by atoms with Crippen molar-refractivity contribution < 1.29 is 17.9 Å². The van der Waals surface area contributed by atoms with Crippen LogP contribution in [-0.2, 0) is 14.8 Å². The van der Waals surface area contributed by atoms with Gasteiger partial charge in [0.25, 0.3) is 5.91 Å². The maximum atomic E-state index is 12.7. The van der Waals surface area contributed by atoms with Crippen LogP contribution in [-0.4, -0.2) is 44.4 Å². The van der Waals surface area contributed by atoms with Crippen LogP contribution >= 0.6 is 0 Å². The second-order valence-electron chi connectivity index (χ2n) is 6.94.